The Hall–Kier alpha value is -1.41. The van der Waals surface area contributed by atoms with Gasteiger partial charge in [0.1, 0.15) is 0 Å². The molecule has 4 aromatic rings. The van der Waals surface area contributed by atoms with Crippen molar-refractivity contribution in [2.24, 2.45) is 0 Å². The van der Waals surface area contributed by atoms with E-state index in [1.165, 1.54) is 21.5 Å². The summed E-state index contributed by atoms with van der Waals surface area (Å²) in [6, 6.07) is 29.3. The van der Waals surface area contributed by atoms with E-state index >= 15 is 0 Å². The molecule has 0 saturated heterocycles. The molecule has 0 aromatic heterocycles. The molecule has 0 amide bonds. The van der Waals surface area contributed by atoms with Crippen molar-refractivity contribution in [2.45, 2.75) is 19.6 Å². The fourth-order valence-electron chi connectivity index (χ4n) is 2.14. The normalized spacial score (nSPS) is 10.2. The van der Waals surface area contributed by atoms with Crippen molar-refractivity contribution < 1.29 is 21.7 Å². The zero-order valence-corrected chi connectivity index (χ0v) is 17.4. The number of hydrogen-bond donors (Lipinski definition) is 0. The number of rotatable bonds is 0. The van der Waals surface area contributed by atoms with Crippen LogP contribution in [0, 0.1) is 6.55 Å². The van der Waals surface area contributed by atoms with Crippen molar-refractivity contribution in [1.82, 2.24) is 0 Å². The molecule has 0 aliphatic heterocycles. The number of hydrogen-bond acceptors (Lipinski definition) is 0. The van der Waals surface area contributed by atoms with Gasteiger partial charge in [0.15, 0.2) is 0 Å². The maximum Gasteiger partial charge on any atom is 3.00 e. The van der Waals surface area contributed by atoms with Crippen molar-refractivity contribution in [3.05, 3.63) is 91.5 Å². The third-order valence-electron chi connectivity index (χ3n) is 3.10. The maximum absolute atomic E-state index is 3.91. The molecular weight excluding hydrogens is 340 g/mol. The van der Waals surface area contributed by atoms with Gasteiger partial charge in [-0.15, -0.1) is 67.4 Å². The minimum absolute atomic E-state index is 0. The van der Waals surface area contributed by atoms with Crippen LogP contribution < -0.4 is 0 Å². The SMILES string of the molecule is [CH2-][Si](C)(C)C.[Ti+3].c1ccc2[cH-]ccc2c1.c1ccc2[cH-]ccc2c1. The summed E-state index contributed by atoms with van der Waals surface area (Å²) in [6.07, 6.45) is 0. The van der Waals surface area contributed by atoms with Crippen LogP contribution in [0.15, 0.2) is 84.9 Å². The standard InChI is InChI=1S/2C9H7.C4H11Si.Ti/c2*1-2-5-9-7-3-6-8(9)4-1;1-5(2,3)4;/h2*1-7H;1H2,2-4H3;/q3*-1;+3. The minimum Gasteiger partial charge on any atom is -0.342 e. The predicted octanol–water partition coefficient (Wildman–Crippen LogP) is 6.81. The monoisotopic (exact) mass is 365 g/mol. The van der Waals surface area contributed by atoms with Crippen LogP contribution in [0.5, 0.6) is 0 Å². The molecule has 0 saturated carbocycles. The van der Waals surface area contributed by atoms with Gasteiger partial charge in [-0.3, -0.25) is 0 Å². The van der Waals surface area contributed by atoms with Crippen LogP contribution in [0.2, 0.25) is 19.6 Å². The topological polar surface area (TPSA) is 0 Å². The Balaban J connectivity index is 0.000000185. The number of benzene rings is 2. The van der Waals surface area contributed by atoms with Gasteiger partial charge >= 0.3 is 21.7 Å². The van der Waals surface area contributed by atoms with E-state index in [1.807, 2.05) is 0 Å². The molecule has 24 heavy (non-hydrogen) atoms. The van der Waals surface area contributed by atoms with Crippen LogP contribution in [0.3, 0.4) is 0 Å². The fourth-order valence-corrected chi connectivity index (χ4v) is 2.14. The van der Waals surface area contributed by atoms with Gasteiger partial charge in [0.25, 0.3) is 0 Å². The summed E-state index contributed by atoms with van der Waals surface area (Å²) in [7, 11) is -0.861. The fraction of sp³-hybridized carbons (Fsp3) is 0.136. The van der Waals surface area contributed by atoms with Gasteiger partial charge in [0.2, 0.25) is 0 Å². The maximum atomic E-state index is 3.91. The third kappa shape index (κ3) is 7.44. The summed E-state index contributed by atoms with van der Waals surface area (Å²) in [5, 5.41) is 5.32. The molecule has 0 heterocycles. The van der Waals surface area contributed by atoms with E-state index in [1.54, 1.807) is 0 Å². The summed E-state index contributed by atoms with van der Waals surface area (Å²) in [4.78, 5) is 0. The molecule has 0 aliphatic carbocycles. The summed E-state index contributed by atoms with van der Waals surface area (Å²) < 4.78 is 0. The average molecular weight is 365 g/mol. The summed E-state index contributed by atoms with van der Waals surface area (Å²) in [6.45, 7) is 10.6. The van der Waals surface area contributed by atoms with Gasteiger partial charge in [-0.2, -0.15) is 35.0 Å². The summed E-state index contributed by atoms with van der Waals surface area (Å²) in [5.41, 5.74) is 0. The van der Waals surface area contributed by atoms with Crippen molar-refractivity contribution in [3.63, 3.8) is 0 Å². The Morgan fingerprint density at radius 2 is 1.00 bits per heavy atom. The molecule has 0 nitrogen and oxygen atoms in total. The average Bonchev–Trinajstić information content (AvgIpc) is 3.15. The molecule has 2 heteroatoms. The van der Waals surface area contributed by atoms with Crippen molar-refractivity contribution >= 4 is 29.6 Å². The second kappa shape index (κ2) is 9.78. The third-order valence-corrected chi connectivity index (χ3v) is 3.10. The van der Waals surface area contributed by atoms with E-state index in [9.17, 15) is 0 Å². The van der Waals surface area contributed by atoms with E-state index in [2.05, 4.69) is 111 Å². The van der Waals surface area contributed by atoms with Crippen LogP contribution in [-0.4, -0.2) is 8.07 Å². The van der Waals surface area contributed by atoms with Crippen LogP contribution in [-0.2, 0) is 21.7 Å². The van der Waals surface area contributed by atoms with E-state index in [-0.39, 0.29) is 21.7 Å². The molecule has 0 unspecified atom stereocenters. The zero-order chi connectivity index (χ0) is 16.7. The van der Waals surface area contributed by atoms with Gasteiger partial charge in [-0.1, -0.05) is 31.8 Å². The van der Waals surface area contributed by atoms with Gasteiger partial charge in [0, 0.05) is 0 Å². The molecule has 1 radical (unpaired) electrons. The Bertz CT molecular complexity index is 701. The first kappa shape index (κ1) is 20.6. The molecule has 0 bridgehead atoms. The second-order valence-electron chi connectivity index (χ2n) is 6.87. The quantitative estimate of drug-likeness (QED) is 0.237. The van der Waals surface area contributed by atoms with E-state index in [0.29, 0.717) is 0 Å². The first-order valence-corrected chi connectivity index (χ1v) is 11.7. The summed E-state index contributed by atoms with van der Waals surface area (Å²) >= 11 is 0. The van der Waals surface area contributed by atoms with E-state index < -0.39 is 8.07 Å². The van der Waals surface area contributed by atoms with Crippen molar-refractivity contribution in [2.75, 3.05) is 0 Å². The molecule has 0 N–H and O–H groups in total. The molecule has 0 spiro atoms. The second-order valence-corrected chi connectivity index (χ2v) is 12.0. The number of fused-ring (bicyclic) bond motifs is 2. The van der Waals surface area contributed by atoms with Crippen LogP contribution >= 0.6 is 0 Å². The zero-order valence-electron chi connectivity index (χ0n) is 14.8. The van der Waals surface area contributed by atoms with Gasteiger partial charge < -0.3 is 6.55 Å². The first-order valence-electron chi connectivity index (χ1n) is 8.00. The Morgan fingerprint density at radius 3 is 1.33 bits per heavy atom. The van der Waals surface area contributed by atoms with Crippen molar-refractivity contribution in [1.29, 1.82) is 0 Å². The molecule has 0 atom stereocenters. The van der Waals surface area contributed by atoms with Gasteiger partial charge in [-0.25, -0.2) is 0 Å². The summed E-state index contributed by atoms with van der Waals surface area (Å²) in [5.74, 6) is 0. The van der Waals surface area contributed by atoms with E-state index in [4.69, 9.17) is 0 Å². The van der Waals surface area contributed by atoms with Crippen LogP contribution in [0.1, 0.15) is 0 Å². The Kier molecular flexibility index (Phi) is 8.41. The molecule has 4 aromatic carbocycles. The molecule has 4 rings (SSSR count). The minimum atomic E-state index is -0.861. The van der Waals surface area contributed by atoms with Crippen LogP contribution in [0.4, 0.5) is 0 Å². The predicted molar refractivity (Wildman–Crippen MR) is 108 cm³/mol. The van der Waals surface area contributed by atoms with E-state index in [0.717, 1.165) is 0 Å². The van der Waals surface area contributed by atoms with Gasteiger partial charge in [0.05, 0.1) is 0 Å². The smallest absolute Gasteiger partial charge is 0.342 e. The largest absolute Gasteiger partial charge is 3.00 e. The molecular formula is C22H25SiTi. The molecule has 0 aliphatic rings. The van der Waals surface area contributed by atoms with Crippen molar-refractivity contribution in [3.8, 4) is 0 Å². The van der Waals surface area contributed by atoms with Crippen LogP contribution in [0.25, 0.3) is 21.5 Å². The first-order chi connectivity index (χ1) is 10.9. The molecule has 0 fully saturated rings. The molecule has 121 valence electrons. The Labute approximate surface area is 162 Å². The van der Waals surface area contributed by atoms with Gasteiger partial charge in [-0.05, 0) is 0 Å². The Morgan fingerprint density at radius 1 is 0.667 bits per heavy atom.